The highest BCUT2D eigenvalue weighted by molar-refractivity contribution is 5.93. The summed E-state index contributed by atoms with van der Waals surface area (Å²) >= 11 is 0. The number of esters is 1. The molecule has 5 nitrogen and oxygen atoms in total. The van der Waals surface area contributed by atoms with Gasteiger partial charge in [-0.05, 0) is 69.0 Å². The van der Waals surface area contributed by atoms with Crippen molar-refractivity contribution in [3.8, 4) is 5.75 Å². The lowest BCUT2D eigenvalue weighted by Crippen LogP contribution is -2.21. The van der Waals surface area contributed by atoms with Crippen molar-refractivity contribution in [3.63, 3.8) is 0 Å². The van der Waals surface area contributed by atoms with Crippen LogP contribution in [-0.4, -0.2) is 24.6 Å². The van der Waals surface area contributed by atoms with Crippen LogP contribution in [0.4, 0.5) is 5.69 Å². The van der Waals surface area contributed by atoms with Crippen molar-refractivity contribution in [2.45, 2.75) is 45.1 Å². The molecule has 1 fully saturated rings. The van der Waals surface area contributed by atoms with Crippen molar-refractivity contribution >= 4 is 17.6 Å². The van der Waals surface area contributed by atoms with Crippen LogP contribution in [0.15, 0.2) is 48.5 Å². The van der Waals surface area contributed by atoms with E-state index in [1.54, 1.807) is 24.3 Å². The summed E-state index contributed by atoms with van der Waals surface area (Å²) in [6.45, 7) is 1.92. The fourth-order valence-corrected chi connectivity index (χ4v) is 3.07. The Morgan fingerprint density at radius 1 is 0.963 bits per heavy atom. The molecule has 0 spiro atoms. The number of benzene rings is 2. The molecule has 5 heteroatoms. The lowest BCUT2D eigenvalue weighted by atomic mass is 9.98. The molecule has 1 aliphatic rings. The minimum Gasteiger partial charge on any atom is -0.484 e. The van der Waals surface area contributed by atoms with E-state index in [0.29, 0.717) is 17.0 Å². The van der Waals surface area contributed by atoms with Gasteiger partial charge < -0.3 is 14.8 Å². The number of carbonyl (C=O) groups is 2. The van der Waals surface area contributed by atoms with Crippen LogP contribution in [0.1, 0.15) is 48.0 Å². The van der Waals surface area contributed by atoms with E-state index >= 15 is 0 Å². The van der Waals surface area contributed by atoms with E-state index in [1.165, 1.54) is 6.42 Å². The van der Waals surface area contributed by atoms with Gasteiger partial charge in [0, 0.05) is 5.69 Å². The van der Waals surface area contributed by atoms with Gasteiger partial charge in [0.1, 0.15) is 11.9 Å². The minimum atomic E-state index is -0.303. The number of amides is 1. The highest BCUT2D eigenvalue weighted by Gasteiger charge is 2.18. The van der Waals surface area contributed by atoms with E-state index in [4.69, 9.17) is 9.47 Å². The summed E-state index contributed by atoms with van der Waals surface area (Å²) in [6, 6.07) is 14.2. The molecule has 3 rings (SSSR count). The zero-order valence-corrected chi connectivity index (χ0v) is 15.6. The van der Waals surface area contributed by atoms with Gasteiger partial charge in [-0.2, -0.15) is 0 Å². The molecule has 0 radical (unpaired) electrons. The molecule has 0 bridgehead atoms. The lowest BCUT2D eigenvalue weighted by Gasteiger charge is -2.21. The highest BCUT2D eigenvalue weighted by Crippen LogP contribution is 2.22. The fraction of sp³-hybridized carbons (Fsp3) is 0.364. The van der Waals surface area contributed by atoms with Crippen LogP contribution in [0.2, 0.25) is 0 Å². The molecule has 0 heterocycles. The molecule has 27 heavy (non-hydrogen) atoms. The molecule has 0 aromatic heterocycles. The zero-order valence-electron chi connectivity index (χ0n) is 15.6. The number of carbonyl (C=O) groups excluding carboxylic acids is 2. The second-order valence-electron chi connectivity index (χ2n) is 6.89. The van der Waals surface area contributed by atoms with Crippen molar-refractivity contribution in [1.29, 1.82) is 0 Å². The van der Waals surface area contributed by atoms with Crippen LogP contribution >= 0.6 is 0 Å². The molecule has 0 saturated heterocycles. The normalized spacial score (nSPS) is 14.4. The maximum Gasteiger partial charge on any atom is 0.338 e. The Morgan fingerprint density at radius 3 is 2.30 bits per heavy atom. The Hall–Kier alpha value is -2.82. The van der Waals surface area contributed by atoms with E-state index in [2.05, 4.69) is 5.32 Å². The standard InChI is InChI=1S/C22H25NO4/c1-16-7-13-19(14-8-16)26-15-21(24)23-18-11-9-17(10-12-18)22(25)27-20-5-3-2-4-6-20/h7-14,20H,2-6,15H2,1H3,(H,23,24). The number of nitrogens with one attached hydrogen (secondary N) is 1. The zero-order chi connectivity index (χ0) is 19.1. The van der Waals surface area contributed by atoms with Gasteiger partial charge in [-0.15, -0.1) is 0 Å². The van der Waals surface area contributed by atoms with Crippen LogP contribution in [0.5, 0.6) is 5.75 Å². The monoisotopic (exact) mass is 367 g/mol. The molecule has 0 unspecified atom stereocenters. The van der Waals surface area contributed by atoms with Crippen molar-refractivity contribution < 1.29 is 19.1 Å². The first kappa shape index (κ1) is 19.0. The van der Waals surface area contributed by atoms with E-state index in [0.717, 1.165) is 31.2 Å². The Balaban J connectivity index is 1.47. The molecule has 0 atom stereocenters. The largest absolute Gasteiger partial charge is 0.484 e. The van der Waals surface area contributed by atoms with Crippen molar-refractivity contribution in [1.82, 2.24) is 0 Å². The molecular formula is C22H25NO4. The third-order valence-corrected chi connectivity index (χ3v) is 4.62. The quantitative estimate of drug-likeness (QED) is 0.764. The van der Waals surface area contributed by atoms with Gasteiger partial charge in [0.2, 0.25) is 0 Å². The molecule has 1 N–H and O–H groups in total. The molecule has 1 saturated carbocycles. The molecular weight excluding hydrogens is 342 g/mol. The van der Waals surface area contributed by atoms with E-state index < -0.39 is 0 Å². The van der Waals surface area contributed by atoms with Gasteiger partial charge in [0.15, 0.2) is 6.61 Å². The molecule has 1 aliphatic carbocycles. The molecule has 2 aromatic rings. The summed E-state index contributed by atoms with van der Waals surface area (Å²) in [5.41, 5.74) is 2.24. The number of ether oxygens (including phenoxy) is 2. The average molecular weight is 367 g/mol. The first-order valence-corrected chi connectivity index (χ1v) is 9.40. The predicted molar refractivity (Wildman–Crippen MR) is 104 cm³/mol. The first-order chi connectivity index (χ1) is 13.1. The summed E-state index contributed by atoms with van der Waals surface area (Å²) in [7, 11) is 0. The molecule has 142 valence electrons. The molecule has 0 aliphatic heterocycles. The second kappa shape index (κ2) is 9.21. The summed E-state index contributed by atoms with van der Waals surface area (Å²) in [5.74, 6) is 0.0899. The smallest absolute Gasteiger partial charge is 0.338 e. The van der Waals surface area contributed by atoms with Gasteiger partial charge >= 0.3 is 5.97 Å². The van der Waals surface area contributed by atoms with Crippen molar-refractivity contribution in [2.24, 2.45) is 0 Å². The van der Waals surface area contributed by atoms with Crippen molar-refractivity contribution in [2.75, 3.05) is 11.9 Å². The first-order valence-electron chi connectivity index (χ1n) is 9.40. The number of rotatable bonds is 6. The third kappa shape index (κ3) is 5.84. The second-order valence-corrected chi connectivity index (χ2v) is 6.89. The Kier molecular flexibility index (Phi) is 6.47. The maximum absolute atomic E-state index is 12.2. The van der Waals surface area contributed by atoms with Gasteiger partial charge in [-0.3, -0.25) is 4.79 Å². The van der Waals surface area contributed by atoms with Gasteiger partial charge in [0.05, 0.1) is 5.56 Å². The minimum absolute atomic E-state index is 0.0320. The van der Waals surface area contributed by atoms with Crippen molar-refractivity contribution in [3.05, 3.63) is 59.7 Å². The maximum atomic E-state index is 12.2. The van der Waals surface area contributed by atoms with E-state index in [-0.39, 0.29) is 24.6 Å². The number of hydrogen-bond acceptors (Lipinski definition) is 4. The third-order valence-electron chi connectivity index (χ3n) is 4.62. The summed E-state index contributed by atoms with van der Waals surface area (Å²) in [5, 5.41) is 2.76. The van der Waals surface area contributed by atoms with Gasteiger partial charge in [-0.1, -0.05) is 24.1 Å². The summed E-state index contributed by atoms with van der Waals surface area (Å²) < 4.78 is 11.0. The van der Waals surface area contributed by atoms with E-state index in [9.17, 15) is 9.59 Å². The highest BCUT2D eigenvalue weighted by atomic mass is 16.5. The number of aryl methyl sites for hydroxylation is 1. The summed E-state index contributed by atoms with van der Waals surface area (Å²) in [4.78, 5) is 24.2. The van der Waals surface area contributed by atoms with E-state index in [1.807, 2.05) is 31.2 Å². The van der Waals surface area contributed by atoms with Crippen LogP contribution in [0.25, 0.3) is 0 Å². The van der Waals surface area contributed by atoms with Crippen LogP contribution in [0.3, 0.4) is 0 Å². The van der Waals surface area contributed by atoms with Crippen LogP contribution in [0, 0.1) is 6.92 Å². The number of anilines is 1. The Morgan fingerprint density at radius 2 is 1.63 bits per heavy atom. The van der Waals surface area contributed by atoms with Crippen LogP contribution < -0.4 is 10.1 Å². The predicted octanol–water partition coefficient (Wildman–Crippen LogP) is 4.50. The molecule has 2 aromatic carbocycles. The van der Waals surface area contributed by atoms with Gasteiger partial charge in [0.25, 0.3) is 5.91 Å². The topological polar surface area (TPSA) is 64.6 Å². The fourth-order valence-electron chi connectivity index (χ4n) is 3.07. The number of hydrogen-bond donors (Lipinski definition) is 1. The molecule has 1 amide bonds. The van der Waals surface area contributed by atoms with Gasteiger partial charge in [-0.25, -0.2) is 4.79 Å². The van der Waals surface area contributed by atoms with Crippen LogP contribution in [-0.2, 0) is 9.53 Å². The SMILES string of the molecule is Cc1ccc(OCC(=O)Nc2ccc(C(=O)OC3CCCCC3)cc2)cc1. The Bertz CT molecular complexity index is 762. The summed E-state index contributed by atoms with van der Waals surface area (Å²) in [6.07, 6.45) is 5.38. The average Bonchev–Trinajstić information content (AvgIpc) is 2.69. The lowest BCUT2D eigenvalue weighted by molar-refractivity contribution is -0.118. The Labute approximate surface area is 159 Å².